The van der Waals surface area contributed by atoms with E-state index in [0.29, 0.717) is 10.7 Å². The third-order valence-electron chi connectivity index (χ3n) is 3.40. The zero-order chi connectivity index (χ0) is 14.8. The van der Waals surface area contributed by atoms with Crippen molar-refractivity contribution in [2.24, 2.45) is 0 Å². The fraction of sp³-hybridized carbons (Fsp3) is 0.385. The van der Waals surface area contributed by atoms with E-state index in [0.717, 1.165) is 42.8 Å². The number of hydrogen-bond acceptors (Lipinski definition) is 7. The predicted octanol–water partition coefficient (Wildman–Crippen LogP) is 2.09. The van der Waals surface area contributed by atoms with Crippen molar-refractivity contribution in [1.82, 2.24) is 14.3 Å². The van der Waals surface area contributed by atoms with Crippen LogP contribution >= 0.6 is 23.1 Å². The Morgan fingerprint density at radius 3 is 2.67 bits per heavy atom. The van der Waals surface area contributed by atoms with Gasteiger partial charge in [0.2, 0.25) is 0 Å². The molecule has 0 aliphatic carbocycles. The molecule has 3 heterocycles. The average Bonchev–Trinajstić information content (AvgIpc) is 2.88. The van der Waals surface area contributed by atoms with Crippen molar-refractivity contribution in [1.29, 1.82) is 5.26 Å². The molecule has 1 aliphatic heterocycles. The second-order valence-electron chi connectivity index (χ2n) is 4.70. The molecule has 0 bridgehead atoms. The molecule has 21 heavy (non-hydrogen) atoms. The Morgan fingerprint density at radius 1 is 1.29 bits per heavy atom. The van der Waals surface area contributed by atoms with E-state index in [1.807, 2.05) is 13.0 Å². The molecule has 6 nitrogen and oxygen atoms in total. The maximum Gasteiger partial charge on any atom is 0.162 e. The molecule has 8 heteroatoms. The molecular weight excluding hydrogens is 308 g/mol. The van der Waals surface area contributed by atoms with E-state index in [-0.39, 0.29) is 0 Å². The summed E-state index contributed by atoms with van der Waals surface area (Å²) in [4.78, 5) is 12.9. The van der Waals surface area contributed by atoms with Crippen LogP contribution in [0.5, 0.6) is 0 Å². The summed E-state index contributed by atoms with van der Waals surface area (Å²) in [6.45, 7) is 5.21. The van der Waals surface area contributed by atoms with Crippen molar-refractivity contribution in [3.63, 3.8) is 0 Å². The van der Waals surface area contributed by atoms with E-state index < -0.39 is 0 Å². The van der Waals surface area contributed by atoms with E-state index in [1.54, 1.807) is 6.20 Å². The van der Waals surface area contributed by atoms with E-state index in [9.17, 15) is 0 Å². The second-order valence-corrected chi connectivity index (χ2v) is 5.81. The molecule has 0 atom stereocenters. The molecule has 2 aromatic heterocycles. The van der Waals surface area contributed by atoms with Gasteiger partial charge in [-0.25, -0.2) is 9.97 Å². The van der Waals surface area contributed by atoms with Crippen LogP contribution < -0.4 is 9.80 Å². The standard InChI is InChI=1S/C13H13ClN6S/c1-9-16-3-2-11(17-9)19-4-6-20(7-5-19)13-10(8-15)12(14)18-21-13/h2-3H,4-7H2,1H3. The average molecular weight is 321 g/mol. The van der Waals surface area contributed by atoms with Crippen LogP contribution in [0.1, 0.15) is 11.4 Å². The number of aromatic nitrogens is 3. The molecule has 0 unspecified atom stereocenters. The highest BCUT2D eigenvalue weighted by atomic mass is 35.5. The normalized spacial score (nSPS) is 15.1. The van der Waals surface area contributed by atoms with Crippen LogP contribution in [0.3, 0.4) is 0 Å². The van der Waals surface area contributed by atoms with Crippen LogP contribution in [0.15, 0.2) is 12.3 Å². The molecule has 1 fully saturated rings. The molecular formula is C13H13ClN6S. The first-order valence-corrected chi connectivity index (χ1v) is 7.69. The quantitative estimate of drug-likeness (QED) is 0.844. The lowest BCUT2D eigenvalue weighted by Crippen LogP contribution is -2.46. The number of halogens is 1. The molecule has 0 N–H and O–H groups in total. The molecule has 108 valence electrons. The molecule has 3 rings (SSSR count). The summed E-state index contributed by atoms with van der Waals surface area (Å²) in [6.07, 6.45) is 1.78. The van der Waals surface area contributed by atoms with E-state index in [1.165, 1.54) is 11.5 Å². The Bertz CT molecular complexity index is 686. The third kappa shape index (κ3) is 2.77. The van der Waals surface area contributed by atoms with Gasteiger partial charge in [0.25, 0.3) is 0 Å². The number of piperazine rings is 1. The minimum absolute atomic E-state index is 0.298. The van der Waals surface area contributed by atoms with Gasteiger partial charge in [-0.15, -0.1) is 0 Å². The van der Waals surface area contributed by atoms with Gasteiger partial charge in [0.05, 0.1) is 0 Å². The lowest BCUT2D eigenvalue weighted by Gasteiger charge is -2.35. The SMILES string of the molecule is Cc1nccc(N2CCN(c3snc(Cl)c3C#N)CC2)n1. The molecule has 0 saturated carbocycles. The van der Waals surface area contributed by atoms with Gasteiger partial charge in [-0.1, -0.05) is 11.6 Å². The number of nitriles is 1. The van der Waals surface area contributed by atoms with Gasteiger partial charge in [0, 0.05) is 32.4 Å². The smallest absolute Gasteiger partial charge is 0.162 e. The maximum absolute atomic E-state index is 9.16. The highest BCUT2D eigenvalue weighted by Crippen LogP contribution is 2.32. The Morgan fingerprint density at radius 2 is 2.00 bits per heavy atom. The Balaban J connectivity index is 1.72. The zero-order valence-corrected chi connectivity index (χ0v) is 13.0. The number of aryl methyl sites for hydroxylation is 1. The monoisotopic (exact) mass is 320 g/mol. The fourth-order valence-electron chi connectivity index (χ4n) is 2.33. The van der Waals surface area contributed by atoms with Gasteiger partial charge >= 0.3 is 0 Å². The van der Waals surface area contributed by atoms with E-state index in [4.69, 9.17) is 16.9 Å². The molecule has 0 aromatic carbocycles. The molecule has 0 spiro atoms. The van der Waals surface area contributed by atoms with Gasteiger partial charge in [0.15, 0.2) is 5.15 Å². The van der Waals surface area contributed by atoms with Crippen LogP contribution in [0, 0.1) is 18.3 Å². The first kappa shape index (κ1) is 14.0. The molecule has 0 radical (unpaired) electrons. The summed E-state index contributed by atoms with van der Waals surface area (Å²) >= 11 is 7.21. The largest absolute Gasteiger partial charge is 0.358 e. The van der Waals surface area contributed by atoms with Gasteiger partial charge in [-0.3, -0.25) is 0 Å². The molecule has 1 aliphatic rings. The summed E-state index contributed by atoms with van der Waals surface area (Å²) < 4.78 is 4.06. The van der Waals surface area contributed by atoms with E-state index >= 15 is 0 Å². The van der Waals surface area contributed by atoms with Crippen LogP contribution in [0.4, 0.5) is 10.8 Å². The van der Waals surface area contributed by atoms with Crippen molar-refractivity contribution in [3.05, 3.63) is 28.8 Å². The van der Waals surface area contributed by atoms with Gasteiger partial charge < -0.3 is 9.80 Å². The van der Waals surface area contributed by atoms with Crippen molar-refractivity contribution < 1.29 is 0 Å². The summed E-state index contributed by atoms with van der Waals surface area (Å²) in [6, 6.07) is 4.06. The second kappa shape index (κ2) is 5.84. The topological polar surface area (TPSA) is 68.9 Å². The first-order valence-electron chi connectivity index (χ1n) is 6.54. The van der Waals surface area contributed by atoms with Gasteiger partial charge in [0.1, 0.15) is 28.3 Å². The highest BCUT2D eigenvalue weighted by Gasteiger charge is 2.23. The Hall–Kier alpha value is -1.91. The Kier molecular flexibility index (Phi) is 3.90. The number of anilines is 2. The predicted molar refractivity (Wildman–Crippen MR) is 83.0 cm³/mol. The van der Waals surface area contributed by atoms with Crippen LogP contribution in [-0.4, -0.2) is 40.5 Å². The minimum atomic E-state index is 0.298. The number of hydrogen-bond donors (Lipinski definition) is 0. The highest BCUT2D eigenvalue weighted by molar-refractivity contribution is 7.10. The summed E-state index contributed by atoms with van der Waals surface area (Å²) in [5.74, 6) is 1.72. The molecule has 1 saturated heterocycles. The summed E-state index contributed by atoms with van der Waals surface area (Å²) in [5.41, 5.74) is 0.480. The lowest BCUT2D eigenvalue weighted by molar-refractivity contribution is 0.648. The Labute approximate surface area is 131 Å². The van der Waals surface area contributed by atoms with Crippen molar-refractivity contribution in [2.75, 3.05) is 36.0 Å². The number of nitrogens with zero attached hydrogens (tertiary/aromatic N) is 6. The first-order chi connectivity index (χ1) is 10.2. The zero-order valence-electron chi connectivity index (χ0n) is 11.5. The van der Waals surface area contributed by atoms with E-state index in [2.05, 4.69) is 30.2 Å². The van der Waals surface area contributed by atoms with Gasteiger partial charge in [-0.2, -0.15) is 9.64 Å². The molecule has 2 aromatic rings. The number of rotatable bonds is 2. The summed E-state index contributed by atoms with van der Waals surface area (Å²) in [7, 11) is 0. The van der Waals surface area contributed by atoms with Crippen molar-refractivity contribution >= 4 is 34.0 Å². The van der Waals surface area contributed by atoms with Crippen molar-refractivity contribution in [3.8, 4) is 6.07 Å². The summed E-state index contributed by atoms with van der Waals surface area (Å²) in [5, 5.41) is 10.3. The third-order valence-corrected chi connectivity index (χ3v) is 4.68. The van der Waals surface area contributed by atoms with Crippen molar-refractivity contribution in [2.45, 2.75) is 6.92 Å². The lowest BCUT2D eigenvalue weighted by atomic mass is 10.3. The van der Waals surface area contributed by atoms with Crippen LogP contribution in [0.2, 0.25) is 5.15 Å². The fourth-order valence-corrected chi connectivity index (χ4v) is 3.41. The molecule has 0 amide bonds. The minimum Gasteiger partial charge on any atom is -0.358 e. The maximum atomic E-state index is 9.16. The van der Waals surface area contributed by atoms with Crippen LogP contribution in [-0.2, 0) is 0 Å². The van der Waals surface area contributed by atoms with Crippen LogP contribution in [0.25, 0.3) is 0 Å². The van der Waals surface area contributed by atoms with Gasteiger partial charge in [-0.05, 0) is 24.5 Å².